The van der Waals surface area contributed by atoms with E-state index in [1.54, 1.807) is 12.1 Å². The average Bonchev–Trinajstić information content (AvgIpc) is 2.92. The maximum Gasteiger partial charge on any atom is 0.231 e. The van der Waals surface area contributed by atoms with E-state index in [0.717, 1.165) is 12.1 Å². The van der Waals surface area contributed by atoms with Crippen LogP contribution < -0.4 is 5.32 Å². The highest BCUT2D eigenvalue weighted by atomic mass is 79.9. The van der Waals surface area contributed by atoms with Crippen LogP contribution in [0, 0.1) is 5.82 Å². The van der Waals surface area contributed by atoms with Crippen LogP contribution in [0.1, 0.15) is 23.3 Å². The first-order chi connectivity index (χ1) is 9.72. The second-order valence-electron chi connectivity index (χ2n) is 4.55. The second kappa shape index (κ2) is 7.31. The maximum atomic E-state index is 13.2. The lowest BCUT2D eigenvalue weighted by molar-refractivity contribution is 0.0734. The lowest BCUT2D eigenvalue weighted by Crippen LogP contribution is -2.35. The molecule has 0 saturated carbocycles. The summed E-state index contributed by atoms with van der Waals surface area (Å²) in [7, 11) is 0. The van der Waals surface area contributed by atoms with E-state index >= 15 is 0 Å². The Kier molecular flexibility index (Phi) is 5.69. The van der Waals surface area contributed by atoms with E-state index in [4.69, 9.17) is 9.26 Å². The van der Waals surface area contributed by atoms with Gasteiger partial charge in [0.2, 0.25) is 5.89 Å². The number of morpholine rings is 1. The van der Waals surface area contributed by atoms with Crippen molar-refractivity contribution in [2.75, 3.05) is 19.8 Å². The van der Waals surface area contributed by atoms with Crippen molar-refractivity contribution in [2.45, 2.75) is 12.5 Å². The minimum Gasteiger partial charge on any atom is -0.378 e. The van der Waals surface area contributed by atoms with Crippen molar-refractivity contribution in [1.29, 1.82) is 0 Å². The molecule has 5 nitrogen and oxygen atoms in total. The summed E-state index contributed by atoms with van der Waals surface area (Å²) in [4.78, 5) is 4.35. The Labute approximate surface area is 135 Å². The zero-order valence-corrected chi connectivity index (χ0v) is 13.4. The summed E-state index contributed by atoms with van der Waals surface area (Å²) in [6.45, 7) is 2.02. The van der Waals surface area contributed by atoms with Gasteiger partial charge in [-0.05, 0) is 33.6 Å². The van der Waals surface area contributed by atoms with Crippen LogP contribution in [0.2, 0.25) is 0 Å². The first-order valence-electron chi connectivity index (χ1n) is 6.30. The summed E-state index contributed by atoms with van der Waals surface area (Å²) in [5, 5.41) is 7.22. The van der Waals surface area contributed by atoms with E-state index in [1.807, 2.05) is 0 Å². The van der Waals surface area contributed by atoms with E-state index in [9.17, 15) is 4.39 Å². The number of hydrogen-bond acceptors (Lipinski definition) is 5. The monoisotopic (exact) mass is 377 g/mol. The fourth-order valence-electron chi connectivity index (χ4n) is 2.04. The van der Waals surface area contributed by atoms with E-state index in [-0.39, 0.29) is 24.3 Å². The molecular formula is C13H14BrClFN3O2. The van der Waals surface area contributed by atoms with Gasteiger partial charge in [0.1, 0.15) is 5.82 Å². The third-order valence-electron chi connectivity index (χ3n) is 3.06. The topological polar surface area (TPSA) is 60.2 Å². The predicted molar refractivity (Wildman–Crippen MR) is 80.0 cm³/mol. The molecule has 1 unspecified atom stereocenters. The molecule has 2 heterocycles. The molecule has 0 radical (unpaired) electrons. The normalized spacial score (nSPS) is 18.3. The van der Waals surface area contributed by atoms with Gasteiger partial charge in [0.25, 0.3) is 0 Å². The van der Waals surface area contributed by atoms with Crippen LogP contribution >= 0.6 is 28.3 Å². The molecule has 0 spiro atoms. The number of aromatic nitrogens is 2. The SMILES string of the molecule is Cl.Fc1ccc(Cc2nc(C3COCCN3)no2)cc1Br. The van der Waals surface area contributed by atoms with Gasteiger partial charge in [-0.1, -0.05) is 11.2 Å². The number of benzene rings is 1. The minimum atomic E-state index is -0.288. The highest BCUT2D eigenvalue weighted by Crippen LogP contribution is 2.19. The number of nitrogens with zero attached hydrogens (tertiary/aromatic N) is 2. The maximum absolute atomic E-state index is 13.2. The molecule has 1 aromatic heterocycles. The quantitative estimate of drug-likeness (QED) is 0.890. The van der Waals surface area contributed by atoms with Gasteiger partial charge in [0.15, 0.2) is 5.82 Å². The van der Waals surface area contributed by atoms with Crippen LogP contribution in [-0.2, 0) is 11.2 Å². The largest absolute Gasteiger partial charge is 0.378 e. The average molecular weight is 379 g/mol. The summed E-state index contributed by atoms with van der Waals surface area (Å²) in [5.74, 6) is 0.815. The molecule has 1 fully saturated rings. The van der Waals surface area contributed by atoms with Crippen LogP contribution in [-0.4, -0.2) is 29.9 Å². The molecule has 1 N–H and O–H groups in total. The smallest absolute Gasteiger partial charge is 0.231 e. The Bertz CT molecular complexity index is 605. The van der Waals surface area contributed by atoms with Crippen molar-refractivity contribution in [3.63, 3.8) is 0 Å². The molecule has 21 heavy (non-hydrogen) atoms. The molecule has 1 aliphatic rings. The summed E-state index contributed by atoms with van der Waals surface area (Å²) < 4.78 is 24.2. The second-order valence-corrected chi connectivity index (χ2v) is 5.41. The Morgan fingerprint density at radius 1 is 1.43 bits per heavy atom. The Balaban J connectivity index is 0.00000161. The minimum absolute atomic E-state index is 0. The first-order valence-corrected chi connectivity index (χ1v) is 7.09. The van der Waals surface area contributed by atoms with Gasteiger partial charge in [-0.3, -0.25) is 0 Å². The molecule has 2 aromatic rings. The van der Waals surface area contributed by atoms with Gasteiger partial charge < -0.3 is 14.6 Å². The molecule has 0 amide bonds. The Morgan fingerprint density at radius 2 is 2.29 bits per heavy atom. The van der Waals surface area contributed by atoms with Gasteiger partial charge in [-0.25, -0.2) is 4.39 Å². The molecule has 1 atom stereocenters. The van der Waals surface area contributed by atoms with Crippen LogP contribution in [0.4, 0.5) is 4.39 Å². The number of halogens is 3. The molecule has 3 rings (SSSR count). The zero-order valence-electron chi connectivity index (χ0n) is 11.0. The van der Waals surface area contributed by atoms with E-state index in [1.165, 1.54) is 6.07 Å². The van der Waals surface area contributed by atoms with Crippen molar-refractivity contribution < 1.29 is 13.7 Å². The van der Waals surface area contributed by atoms with E-state index in [2.05, 4.69) is 31.4 Å². The fraction of sp³-hybridized carbons (Fsp3) is 0.385. The standard InChI is InChI=1S/C13H13BrFN3O2.ClH/c14-9-5-8(1-2-10(9)15)6-12-17-13(18-20-12)11-7-19-4-3-16-11;/h1-2,5,11,16H,3-4,6-7H2;1H. The third kappa shape index (κ3) is 4.00. The van der Waals surface area contributed by atoms with Crippen molar-refractivity contribution in [1.82, 2.24) is 15.5 Å². The first kappa shape index (κ1) is 16.4. The van der Waals surface area contributed by atoms with E-state index in [0.29, 0.717) is 35.8 Å². The van der Waals surface area contributed by atoms with Crippen molar-refractivity contribution in [2.24, 2.45) is 0 Å². The third-order valence-corrected chi connectivity index (χ3v) is 3.66. The van der Waals surface area contributed by atoms with Crippen LogP contribution in [0.25, 0.3) is 0 Å². The van der Waals surface area contributed by atoms with Gasteiger partial charge >= 0.3 is 0 Å². The highest BCUT2D eigenvalue weighted by molar-refractivity contribution is 9.10. The fourth-order valence-corrected chi connectivity index (χ4v) is 2.46. The van der Waals surface area contributed by atoms with Gasteiger partial charge in [-0.2, -0.15) is 4.98 Å². The number of ether oxygens (including phenoxy) is 1. The number of rotatable bonds is 3. The number of hydrogen-bond donors (Lipinski definition) is 1. The number of nitrogens with one attached hydrogen (secondary N) is 1. The molecule has 8 heteroatoms. The van der Waals surface area contributed by atoms with Gasteiger partial charge in [0, 0.05) is 6.54 Å². The Morgan fingerprint density at radius 3 is 3.00 bits per heavy atom. The molecule has 1 saturated heterocycles. The predicted octanol–water partition coefficient (Wildman–Crippen LogP) is 2.64. The summed E-state index contributed by atoms with van der Waals surface area (Å²) in [5.41, 5.74) is 0.904. The molecule has 0 bridgehead atoms. The molecule has 1 aliphatic heterocycles. The van der Waals surface area contributed by atoms with E-state index < -0.39 is 0 Å². The van der Waals surface area contributed by atoms with Crippen molar-refractivity contribution >= 4 is 28.3 Å². The summed E-state index contributed by atoms with van der Waals surface area (Å²) in [6.07, 6.45) is 0.472. The van der Waals surface area contributed by atoms with Crippen LogP contribution in [0.15, 0.2) is 27.2 Å². The van der Waals surface area contributed by atoms with Crippen molar-refractivity contribution in [3.05, 3.63) is 45.8 Å². The molecule has 114 valence electrons. The van der Waals surface area contributed by atoms with Gasteiger partial charge in [0.05, 0.1) is 30.1 Å². The van der Waals surface area contributed by atoms with Crippen molar-refractivity contribution in [3.8, 4) is 0 Å². The lowest BCUT2D eigenvalue weighted by atomic mass is 10.1. The molecular weight excluding hydrogens is 365 g/mol. The zero-order chi connectivity index (χ0) is 13.9. The van der Waals surface area contributed by atoms with Crippen LogP contribution in [0.3, 0.4) is 0 Å². The lowest BCUT2D eigenvalue weighted by Gasteiger charge is -2.20. The highest BCUT2D eigenvalue weighted by Gasteiger charge is 2.21. The summed E-state index contributed by atoms with van der Waals surface area (Å²) in [6, 6.07) is 4.79. The molecule has 1 aromatic carbocycles. The van der Waals surface area contributed by atoms with Crippen LogP contribution in [0.5, 0.6) is 0 Å². The Hall–Kier alpha value is -1.02. The summed E-state index contributed by atoms with van der Waals surface area (Å²) >= 11 is 3.16. The van der Waals surface area contributed by atoms with Gasteiger partial charge in [-0.15, -0.1) is 12.4 Å². The molecule has 0 aliphatic carbocycles.